The van der Waals surface area contributed by atoms with Crippen LogP contribution in [0.5, 0.6) is 0 Å². The van der Waals surface area contributed by atoms with Crippen molar-refractivity contribution in [2.24, 2.45) is 5.41 Å². The lowest BCUT2D eigenvalue weighted by molar-refractivity contribution is 0.131. The molecular formula is C13H18N2O. The smallest absolute Gasteiger partial charge is 0.0468 e. The number of fused-ring (bicyclic) bond motifs is 3. The highest BCUT2D eigenvalue weighted by molar-refractivity contribution is 5.37. The Morgan fingerprint density at radius 2 is 2.56 bits per heavy atom. The van der Waals surface area contributed by atoms with Crippen molar-refractivity contribution in [2.45, 2.75) is 25.3 Å². The van der Waals surface area contributed by atoms with Crippen LogP contribution in [0.1, 0.15) is 30.0 Å². The van der Waals surface area contributed by atoms with E-state index in [1.54, 1.807) is 7.11 Å². The fourth-order valence-electron chi connectivity index (χ4n) is 3.36. The standard InChI is InChI=1S/C13H18N2O/c1-16-7-4-13-3-6-15-12(13)11-9-14-5-2-10(11)8-13/h2,5,9,12,15H,3-4,6-8H2,1H3/t12-,13+/m1/s1. The molecule has 2 atom stereocenters. The van der Waals surface area contributed by atoms with E-state index in [1.807, 2.05) is 12.4 Å². The third-order valence-electron chi connectivity index (χ3n) is 4.19. The Bertz CT molecular complexity index is 393. The summed E-state index contributed by atoms with van der Waals surface area (Å²) in [6, 6.07) is 2.68. The van der Waals surface area contributed by atoms with E-state index in [9.17, 15) is 0 Å². The molecule has 2 aliphatic rings. The highest BCUT2D eigenvalue weighted by Crippen LogP contribution is 2.52. The van der Waals surface area contributed by atoms with Crippen molar-refractivity contribution >= 4 is 0 Å². The molecule has 0 radical (unpaired) electrons. The van der Waals surface area contributed by atoms with Gasteiger partial charge in [0.15, 0.2) is 0 Å². The van der Waals surface area contributed by atoms with Gasteiger partial charge < -0.3 is 10.1 Å². The Hall–Kier alpha value is -0.930. The minimum absolute atomic E-state index is 0.390. The number of aromatic nitrogens is 1. The van der Waals surface area contributed by atoms with Crippen molar-refractivity contribution in [3.63, 3.8) is 0 Å². The topological polar surface area (TPSA) is 34.1 Å². The first-order valence-corrected chi connectivity index (χ1v) is 6.01. The van der Waals surface area contributed by atoms with Gasteiger partial charge in [-0.25, -0.2) is 0 Å². The lowest BCUT2D eigenvalue weighted by Crippen LogP contribution is -2.26. The molecule has 1 fully saturated rings. The van der Waals surface area contributed by atoms with Gasteiger partial charge in [-0.1, -0.05) is 0 Å². The molecule has 86 valence electrons. The molecule has 3 rings (SSSR count). The predicted molar refractivity (Wildman–Crippen MR) is 62.2 cm³/mol. The van der Waals surface area contributed by atoms with Crippen molar-refractivity contribution in [3.8, 4) is 0 Å². The van der Waals surface area contributed by atoms with Crippen molar-refractivity contribution in [3.05, 3.63) is 29.6 Å². The summed E-state index contributed by atoms with van der Waals surface area (Å²) < 4.78 is 5.26. The molecule has 2 heterocycles. The largest absolute Gasteiger partial charge is 0.385 e. The summed E-state index contributed by atoms with van der Waals surface area (Å²) in [6.45, 7) is 1.99. The summed E-state index contributed by atoms with van der Waals surface area (Å²) in [5.41, 5.74) is 3.28. The normalized spacial score (nSPS) is 31.4. The molecule has 3 nitrogen and oxygen atoms in total. The molecule has 0 aromatic carbocycles. The number of methoxy groups -OCH3 is 1. The van der Waals surface area contributed by atoms with E-state index >= 15 is 0 Å². The van der Waals surface area contributed by atoms with E-state index in [-0.39, 0.29) is 0 Å². The summed E-state index contributed by atoms with van der Waals surface area (Å²) in [5.74, 6) is 0. The van der Waals surface area contributed by atoms with Crippen LogP contribution in [-0.2, 0) is 11.2 Å². The fourth-order valence-corrected chi connectivity index (χ4v) is 3.36. The Morgan fingerprint density at radius 1 is 1.62 bits per heavy atom. The van der Waals surface area contributed by atoms with Crippen LogP contribution in [0.25, 0.3) is 0 Å². The van der Waals surface area contributed by atoms with Crippen LogP contribution >= 0.6 is 0 Å². The summed E-state index contributed by atoms with van der Waals surface area (Å²) in [4.78, 5) is 4.26. The maximum absolute atomic E-state index is 5.26. The molecule has 1 aliphatic carbocycles. The second-order valence-corrected chi connectivity index (χ2v) is 4.99. The first-order valence-electron chi connectivity index (χ1n) is 6.01. The van der Waals surface area contributed by atoms with Crippen molar-refractivity contribution in [1.82, 2.24) is 10.3 Å². The summed E-state index contributed by atoms with van der Waals surface area (Å²) >= 11 is 0. The second-order valence-electron chi connectivity index (χ2n) is 4.99. The van der Waals surface area contributed by atoms with Gasteiger partial charge in [0.2, 0.25) is 0 Å². The number of ether oxygens (including phenoxy) is 1. The summed E-state index contributed by atoms with van der Waals surface area (Å²) in [5, 5.41) is 3.63. The van der Waals surface area contributed by atoms with E-state index < -0.39 is 0 Å². The Morgan fingerprint density at radius 3 is 3.44 bits per heavy atom. The van der Waals surface area contributed by atoms with Gasteiger partial charge in [0.25, 0.3) is 0 Å². The molecule has 1 N–H and O–H groups in total. The van der Waals surface area contributed by atoms with Crippen molar-refractivity contribution in [1.29, 1.82) is 0 Å². The maximum Gasteiger partial charge on any atom is 0.0468 e. The highest BCUT2D eigenvalue weighted by atomic mass is 16.5. The average molecular weight is 218 g/mol. The van der Waals surface area contributed by atoms with E-state index in [4.69, 9.17) is 4.74 Å². The van der Waals surface area contributed by atoms with Crippen LogP contribution < -0.4 is 5.32 Å². The molecule has 1 saturated heterocycles. The molecule has 0 amide bonds. The Kier molecular flexibility index (Phi) is 2.45. The number of hydrogen-bond acceptors (Lipinski definition) is 3. The van der Waals surface area contributed by atoms with E-state index in [0.717, 1.165) is 19.6 Å². The summed E-state index contributed by atoms with van der Waals surface area (Å²) in [6.07, 6.45) is 7.54. The van der Waals surface area contributed by atoms with E-state index in [0.29, 0.717) is 11.5 Å². The molecule has 0 bridgehead atoms. The van der Waals surface area contributed by atoms with Crippen LogP contribution in [0.3, 0.4) is 0 Å². The van der Waals surface area contributed by atoms with Gasteiger partial charge in [0.1, 0.15) is 0 Å². The first kappa shape index (κ1) is 10.2. The zero-order valence-electron chi connectivity index (χ0n) is 9.70. The second kappa shape index (κ2) is 3.82. The zero-order chi connectivity index (χ0) is 11.0. The average Bonchev–Trinajstić information content (AvgIpc) is 2.82. The van der Waals surface area contributed by atoms with Gasteiger partial charge in [0.05, 0.1) is 0 Å². The molecule has 0 saturated carbocycles. The number of nitrogens with zero attached hydrogens (tertiary/aromatic N) is 1. The van der Waals surface area contributed by atoms with Gasteiger partial charge in [-0.2, -0.15) is 0 Å². The zero-order valence-corrected chi connectivity index (χ0v) is 9.70. The quantitative estimate of drug-likeness (QED) is 0.838. The van der Waals surface area contributed by atoms with Gasteiger partial charge in [-0.15, -0.1) is 0 Å². The first-order chi connectivity index (χ1) is 7.86. The van der Waals surface area contributed by atoms with Gasteiger partial charge in [-0.05, 0) is 48.4 Å². The number of hydrogen-bond donors (Lipinski definition) is 1. The molecular weight excluding hydrogens is 200 g/mol. The number of pyridine rings is 1. The number of nitrogens with one attached hydrogen (secondary N) is 1. The SMILES string of the molecule is COCC[C@]12CCN[C@@H]1c1cnccc1C2. The molecule has 1 aromatic rings. The third kappa shape index (κ3) is 1.39. The fraction of sp³-hybridized carbons (Fsp3) is 0.615. The third-order valence-corrected chi connectivity index (χ3v) is 4.19. The molecule has 0 unspecified atom stereocenters. The van der Waals surface area contributed by atoms with E-state index in [2.05, 4.69) is 16.4 Å². The lowest BCUT2D eigenvalue weighted by Gasteiger charge is -2.28. The van der Waals surface area contributed by atoms with Crippen molar-refractivity contribution in [2.75, 3.05) is 20.3 Å². The molecule has 16 heavy (non-hydrogen) atoms. The molecule has 0 spiro atoms. The minimum atomic E-state index is 0.390. The van der Waals surface area contributed by atoms with Gasteiger partial charge in [-0.3, -0.25) is 4.98 Å². The summed E-state index contributed by atoms with van der Waals surface area (Å²) in [7, 11) is 1.79. The van der Waals surface area contributed by atoms with Gasteiger partial charge >= 0.3 is 0 Å². The van der Waals surface area contributed by atoms with Crippen LogP contribution in [0.2, 0.25) is 0 Å². The van der Waals surface area contributed by atoms with Gasteiger partial charge in [0, 0.05) is 32.2 Å². The molecule has 1 aliphatic heterocycles. The predicted octanol–water partition coefficient (Wildman–Crippen LogP) is 1.70. The monoisotopic (exact) mass is 218 g/mol. The van der Waals surface area contributed by atoms with E-state index in [1.165, 1.54) is 24.0 Å². The number of rotatable bonds is 3. The van der Waals surface area contributed by atoms with Crippen molar-refractivity contribution < 1.29 is 4.74 Å². The highest BCUT2D eigenvalue weighted by Gasteiger charge is 2.48. The Labute approximate surface area is 96.2 Å². The minimum Gasteiger partial charge on any atom is -0.385 e. The Balaban J connectivity index is 1.92. The molecule has 1 aromatic heterocycles. The van der Waals surface area contributed by atoms with Crippen LogP contribution in [-0.4, -0.2) is 25.2 Å². The van der Waals surface area contributed by atoms with Crippen LogP contribution in [0.4, 0.5) is 0 Å². The lowest BCUT2D eigenvalue weighted by atomic mass is 9.78. The molecule has 3 heteroatoms. The maximum atomic E-state index is 5.26. The van der Waals surface area contributed by atoms with Crippen LogP contribution in [0, 0.1) is 5.41 Å². The van der Waals surface area contributed by atoms with Crippen LogP contribution in [0.15, 0.2) is 18.5 Å².